The Balaban J connectivity index is 1.70. The van der Waals surface area contributed by atoms with E-state index in [1.165, 1.54) is 0 Å². The van der Waals surface area contributed by atoms with Crippen LogP contribution in [0.3, 0.4) is 0 Å². The Morgan fingerprint density at radius 2 is 1.87 bits per heavy atom. The molecule has 0 heterocycles. The largest absolute Gasteiger partial charge is 0.497 e. The van der Waals surface area contributed by atoms with Crippen LogP contribution in [-0.2, 0) is 5.75 Å². The number of hydrogen-bond acceptors (Lipinski definition) is 3. The van der Waals surface area contributed by atoms with Crippen molar-refractivity contribution in [3.63, 3.8) is 0 Å². The molecule has 2 aromatic rings. The lowest BCUT2D eigenvalue weighted by Crippen LogP contribution is -2.25. The van der Waals surface area contributed by atoms with E-state index in [0.29, 0.717) is 22.2 Å². The molecule has 3 nitrogen and oxygen atoms in total. The van der Waals surface area contributed by atoms with Crippen LogP contribution in [0.1, 0.15) is 15.9 Å². The molecule has 0 aliphatic heterocycles. The van der Waals surface area contributed by atoms with E-state index in [1.807, 2.05) is 12.1 Å². The van der Waals surface area contributed by atoms with Gasteiger partial charge < -0.3 is 10.1 Å². The first-order valence-corrected chi connectivity index (χ1v) is 8.95. The first kappa shape index (κ1) is 18.0. The average molecular weight is 370 g/mol. The highest BCUT2D eigenvalue weighted by Crippen LogP contribution is 2.24. The van der Waals surface area contributed by atoms with Gasteiger partial charge in [0.25, 0.3) is 5.91 Å². The Hall–Kier alpha value is -1.36. The summed E-state index contributed by atoms with van der Waals surface area (Å²) in [6.45, 7) is 0.608. The number of thioether (sulfide) groups is 1. The van der Waals surface area contributed by atoms with E-state index in [-0.39, 0.29) is 5.91 Å². The molecule has 0 aromatic heterocycles. The van der Waals surface area contributed by atoms with Crippen molar-refractivity contribution in [1.29, 1.82) is 0 Å². The minimum Gasteiger partial charge on any atom is -0.497 e. The molecule has 0 spiro atoms. The van der Waals surface area contributed by atoms with Gasteiger partial charge in [0, 0.05) is 23.6 Å². The molecule has 0 radical (unpaired) electrons. The smallest absolute Gasteiger partial charge is 0.251 e. The van der Waals surface area contributed by atoms with Gasteiger partial charge in [-0.2, -0.15) is 11.8 Å². The van der Waals surface area contributed by atoms with Crippen LogP contribution in [0.4, 0.5) is 0 Å². The van der Waals surface area contributed by atoms with E-state index >= 15 is 0 Å². The number of hydrogen-bond donors (Lipinski definition) is 1. The van der Waals surface area contributed by atoms with Crippen LogP contribution >= 0.6 is 35.0 Å². The molecule has 23 heavy (non-hydrogen) atoms. The summed E-state index contributed by atoms with van der Waals surface area (Å²) in [5.41, 5.74) is 1.74. The molecule has 0 bridgehead atoms. The molecule has 0 unspecified atom stereocenters. The van der Waals surface area contributed by atoms with E-state index in [9.17, 15) is 4.79 Å². The van der Waals surface area contributed by atoms with E-state index in [1.54, 1.807) is 49.2 Å². The topological polar surface area (TPSA) is 38.3 Å². The molecule has 2 aromatic carbocycles. The fraction of sp³-hybridized carbons (Fsp3) is 0.235. The van der Waals surface area contributed by atoms with E-state index in [2.05, 4.69) is 5.32 Å². The highest BCUT2D eigenvalue weighted by molar-refractivity contribution is 7.98. The summed E-state index contributed by atoms with van der Waals surface area (Å²) in [6, 6.07) is 12.7. The molecule has 2 rings (SSSR count). The van der Waals surface area contributed by atoms with Crippen LogP contribution in [-0.4, -0.2) is 25.3 Å². The zero-order valence-corrected chi connectivity index (χ0v) is 15.0. The molecular weight excluding hydrogens is 353 g/mol. The van der Waals surface area contributed by atoms with Gasteiger partial charge in [-0.05, 0) is 42.0 Å². The third-order valence-corrected chi connectivity index (χ3v) is 4.91. The fourth-order valence-corrected chi connectivity index (χ4v) is 3.03. The number of amides is 1. The number of nitrogens with one attached hydrogen (secondary N) is 1. The Bertz CT molecular complexity index is 662. The zero-order valence-electron chi connectivity index (χ0n) is 12.6. The first-order valence-electron chi connectivity index (χ1n) is 7.04. The maximum Gasteiger partial charge on any atom is 0.251 e. The van der Waals surface area contributed by atoms with Gasteiger partial charge in [0.2, 0.25) is 0 Å². The Kier molecular flexibility index (Phi) is 7.09. The summed E-state index contributed by atoms with van der Waals surface area (Å²) in [4.78, 5) is 12.0. The normalized spacial score (nSPS) is 10.4. The number of rotatable bonds is 7. The standard InChI is InChI=1S/C17H17Cl2NO2S/c1-22-14-5-3-13(4-6-14)17(21)20-8-9-23-11-12-2-7-15(18)16(19)10-12/h2-7,10H,8-9,11H2,1H3,(H,20,21). The van der Waals surface area contributed by atoms with Crippen molar-refractivity contribution < 1.29 is 9.53 Å². The second kappa shape index (κ2) is 9.06. The quantitative estimate of drug-likeness (QED) is 0.720. The van der Waals surface area contributed by atoms with E-state index < -0.39 is 0 Å². The number of methoxy groups -OCH3 is 1. The van der Waals surface area contributed by atoms with Crippen LogP contribution in [0, 0.1) is 0 Å². The van der Waals surface area contributed by atoms with Crippen LogP contribution in [0.2, 0.25) is 10.0 Å². The third kappa shape index (κ3) is 5.65. The maximum absolute atomic E-state index is 12.0. The van der Waals surface area contributed by atoms with Gasteiger partial charge in [-0.3, -0.25) is 4.79 Å². The maximum atomic E-state index is 12.0. The van der Waals surface area contributed by atoms with Crippen LogP contribution in [0.25, 0.3) is 0 Å². The lowest BCUT2D eigenvalue weighted by atomic mass is 10.2. The van der Waals surface area contributed by atoms with Gasteiger partial charge in [-0.15, -0.1) is 0 Å². The lowest BCUT2D eigenvalue weighted by molar-refractivity contribution is 0.0956. The number of carbonyl (C=O) groups excluding carboxylic acids is 1. The summed E-state index contributed by atoms with van der Waals surface area (Å²) in [5, 5.41) is 4.02. The molecule has 0 fully saturated rings. The Morgan fingerprint density at radius 1 is 1.13 bits per heavy atom. The molecule has 0 atom stereocenters. The lowest BCUT2D eigenvalue weighted by Gasteiger charge is -2.07. The van der Waals surface area contributed by atoms with Gasteiger partial charge in [0.1, 0.15) is 5.75 Å². The zero-order chi connectivity index (χ0) is 16.7. The molecule has 0 aliphatic carbocycles. The summed E-state index contributed by atoms with van der Waals surface area (Å²) >= 11 is 13.6. The SMILES string of the molecule is COc1ccc(C(=O)NCCSCc2ccc(Cl)c(Cl)c2)cc1. The average Bonchev–Trinajstić information content (AvgIpc) is 2.57. The molecule has 0 saturated heterocycles. The highest BCUT2D eigenvalue weighted by atomic mass is 35.5. The van der Waals surface area contributed by atoms with Gasteiger partial charge in [0.15, 0.2) is 0 Å². The summed E-state index contributed by atoms with van der Waals surface area (Å²) in [7, 11) is 1.60. The van der Waals surface area contributed by atoms with Crippen LogP contribution < -0.4 is 10.1 Å². The predicted molar refractivity (Wildman–Crippen MR) is 98.0 cm³/mol. The van der Waals surface area contributed by atoms with Crippen LogP contribution in [0.5, 0.6) is 5.75 Å². The monoisotopic (exact) mass is 369 g/mol. The van der Waals surface area contributed by atoms with E-state index in [0.717, 1.165) is 22.8 Å². The minimum atomic E-state index is -0.0807. The van der Waals surface area contributed by atoms with Gasteiger partial charge in [-0.25, -0.2) is 0 Å². The summed E-state index contributed by atoms with van der Waals surface area (Å²) in [5.74, 6) is 2.30. The Labute approximate surface area is 150 Å². The molecule has 122 valence electrons. The van der Waals surface area contributed by atoms with Crippen molar-refractivity contribution in [2.45, 2.75) is 5.75 Å². The second-order valence-corrected chi connectivity index (χ2v) is 6.71. The van der Waals surface area contributed by atoms with Gasteiger partial charge in [0.05, 0.1) is 17.2 Å². The molecule has 6 heteroatoms. The summed E-state index contributed by atoms with van der Waals surface area (Å²) in [6.07, 6.45) is 0. The minimum absolute atomic E-state index is 0.0807. The highest BCUT2D eigenvalue weighted by Gasteiger charge is 2.05. The summed E-state index contributed by atoms with van der Waals surface area (Å²) < 4.78 is 5.07. The van der Waals surface area contributed by atoms with Crippen molar-refractivity contribution in [3.8, 4) is 5.75 Å². The van der Waals surface area contributed by atoms with Crippen molar-refractivity contribution in [2.75, 3.05) is 19.4 Å². The molecule has 0 aliphatic rings. The number of benzene rings is 2. The number of halogens is 2. The van der Waals surface area contributed by atoms with Gasteiger partial charge >= 0.3 is 0 Å². The number of ether oxygens (including phenoxy) is 1. The fourth-order valence-electron chi connectivity index (χ4n) is 1.90. The molecule has 0 saturated carbocycles. The van der Waals surface area contributed by atoms with Crippen molar-refractivity contribution in [3.05, 3.63) is 63.6 Å². The van der Waals surface area contributed by atoms with Crippen molar-refractivity contribution in [1.82, 2.24) is 5.32 Å². The molecular formula is C17H17Cl2NO2S. The third-order valence-electron chi connectivity index (χ3n) is 3.14. The molecule has 1 amide bonds. The number of carbonyl (C=O) groups is 1. The van der Waals surface area contributed by atoms with Crippen molar-refractivity contribution >= 4 is 40.9 Å². The Morgan fingerprint density at radius 3 is 2.52 bits per heavy atom. The molecule has 1 N–H and O–H groups in total. The van der Waals surface area contributed by atoms with E-state index in [4.69, 9.17) is 27.9 Å². The van der Waals surface area contributed by atoms with Gasteiger partial charge in [-0.1, -0.05) is 29.3 Å². The van der Waals surface area contributed by atoms with Crippen LogP contribution in [0.15, 0.2) is 42.5 Å². The first-order chi connectivity index (χ1) is 11.1. The van der Waals surface area contributed by atoms with Crippen molar-refractivity contribution in [2.24, 2.45) is 0 Å². The predicted octanol–water partition coefficient (Wildman–Crippen LogP) is 4.67. The second-order valence-electron chi connectivity index (χ2n) is 4.79.